The highest BCUT2D eigenvalue weighted by molar-refractivity contribution is 5.22. The Morgan fingerprint density at radius 2 is 1.32 bits per heavy atom. The summed E-state index contributed by atoms with van der Waals surface area (Å²) in [6, 6.07) is 0. The van der Waals surface area contributed by atoms with Crippen LogP contribution in [-0.4, -0.2) is 150 Å². The number of aliphatic hydroxyl groups is 10. The predicted octanol–water partition coefficient (Wildman–Crippen LogP) is 1.12. The summed E-state index contributed by atoms with van der Waals surface area (Å²) in [5.74, 6) is -0.781. The van der Waals surface area contributed by atoms with Gasteiger partial charge in [0.05, 0.1) is 37.1 Å². The Balaban J connectivity index is 1.39. The summed E-state index contributed by atoms with van der Waals surface area (Å²) in [7, 11) is 0. The van der Waals surface area contributed by atoms with Crippen LogP contribution in [0.5, 0.6) is 0 Å². The summed E-state index contributed by atoms with van der Waals surface area (Å²) in [5, 5.41) is 109. The second-order valence-corrected chi connectivity index (χ2v) is 20.2. The fourth-order valence-electron chi connectivity index (χ4n) is 13.5. The first-order chi connectivity index (χ1) is 26.0. The van der Waals surface area contributed by atoms with Crippen molar-refractivity contribution in [3.63, 3.8) is 0 Å². The van der Waals surface area contributed by atoms with Gasteiger partial charge < -0.3 is 70.0 Å². The predicted molar refractivity (Wildman–Crippen MR) is 202 cm³/mol. The van der Waals surface area contributed by atoms with Crippen molar-refractivity contribution in [2.75, 3.05) is 13.2 Å². The average molecular weight is 801 g/mol. The summed E-state index contributed by atoms with van der Waals surface area (Å²) in [6.07, 6.45) is -9.52. The molecule has 21 atom stereocenters. The number of ether oxygens (including phenoxy) is 4. The van der Waals surface area contributed by atoms with Crippen LogP contribution in [0.2, 0.25) is 0 Å². The molecule has 0 unspecified atom stereocenters. The Bertz CT molecular complexity index is 1400. The molecule has 56 heavy (non-hydrogen) atoms. The summed E-state index contributed by atoms with van der Waals surface area (Å²) in [4.78, 5) is 0. The van der Waals surface area contributed by atoms with Gasteiger partial charge in [0.2, 0.25) is 0 Å². The number of rotatable bonds is 10. The topological polar surface area (TPSA) is 239 Å². The van der Waals surface area contributed by atoms with Crippen LogP contribution in [-0.2, 0) is 18.9 Å². The van der Waals surface area contributed by atoms with Crippen LogP contribution in [0.25, 0.3) is 0 Å². The van der Waals surface area contributed by atoms with Crippen LogP contribution >= 0.6 is 0 Å². The number of allylic oxidation sites excluding steroid dienone is 2. The highest BCUT2D eigenvalue weighted by Gasteiger charge is 2.74. The lowest BCUT2D eigenvalue weighted by molar-refractivity contribution is -0.349. The SMILES string of the molecule is CC(C)=CCC[C@](C)(O[C@H]1O[C@@H](CO)[C@H](O)[C@@H](O)[C@@H]1O)[C@@H]1CC[C@]2(C)[C@@H]1[C@H](O)C[C@@H]1[C@]3(C)CC[C@H](O)C(C)(C)[C@@H]3[C@H](O[C@@H]3O[C@H](CO)[C@H](O)[C@H](O)[C@@H]3O)C[C@@]12C. The second-order valence-electron chi connectivity index (χ2n) is 20.2. The van der Waals surface area contributed by atoms with Crippen LogP contribution in [0.4, 0.5) is 0 Å². The molecule has 0 amide bonds. The van der Waals surface area contributed by atoms with Gasteiger partial charge >= 0.3 is 0 Å². The Labute approximate surface area is 331 Å². The van der Waals surface area contributed by atoms with Gasteiger partial charge in [0.25, 0.3) is 0 Å². The minimum Gasteiger partial charge on any atom is -0.394 e. The third kappa shape index (κ3) is 7.06. The van der Waals surface area contributed by atoms with Gasteiger partial charge in [0, 0.05) is 0 Å². The number of hydrogen-bond donors (Lipinski definition) is 10. The zero-order chi connectivity index (χ0) is 41.5. The highest BCUT2D eigenvalue weighted by Crippen LogP contribution is 2.76. The molecule has 6 fully saturated rings. The van der Waals surface area contributed by atoms with Gasteiger partial charge in [-0.15, -0.1) is 0 Å². The smallest absolute Gasteiger partial charge is 0.187 e. The normalized spacial score (nSPS) is 52.6. The van der Waals surface area contributed by atoms with E-state index in [1.807, 2.05) is 34.6 Å². The van der Waals surface area contributed by atoms with Crippen molar-refractivity contribution >= 4 is 0 Å². The van der Waals surface area contributed by atoms with Gasteiger partial charge in [-0.2, -0.15) is 0 Å². The first-order valence-electron chi connectivity index (χ1n) is 21.0. The molecule has 4 aliphatic carbocycles. The van der Waals surface area contributed by atoms with Crippen molar-refractivity contribution in [1.82, 2.24) is 0 Å². The number of hydrogen-bond acceptors (Lipinski definition) is 14. The maximum atomic E-state index is 12.6. The van der Waals surface area contributed by atoms with Gasteiger partial charge in [-0.1, -0.05) is 46.3 Å². The zero-order valence-corrected chi connectivity index (χ0v) is 34.6. The monoisotopic (exact) mass is 800 g/mol. The Hall–Kier alpha value is -0.820. The molecule has 6 aliphatic rings. The molecule has 14 nitrogen and oxygen atoms in total. The van der Waals surface area contributed by atoms with Gasteiger partial charge in [-0.05, 0) is 117 Å². The molecule has 0 radical (unpaired) electrons. The van der Waals surface area contributed by atoms with Crippen molar-refractivity contribution in [2.24, 2.45) is 45.3 Å². The minimum atomic E-state index is -1.61. The lowest BCUT2D eigenvalue weighted by Gasteiger charge is -2.72. The molecule has 0 aromatic heterocycles. The Kier molecular flexibility index (Phi) is 12.7. The maximum absolute atomic E-state index is 12.6. The molecule has 4 saturated carbocycles. The van der Waals surface area contributed by atoms with Crippen LogP contribution in [0.3, 0.4) is 0 Å². The second kappa shape index (κ2) is 15.9. The lowest BCUT2D eigenvalue weighted by Crippen LogP contribution is -2.71. The zero-order valence-electron chi connectivity index (χ0n) is 34.6. The van der Waals surface area contributed by atoms with E-state index in [1.54, 1.807) is 0 Å². The van der Waals surface area contributed by atoms with Crippen molar-refractivity contribution in [2.45, 2.75) is 192 Å². The fraction of sp³-hybridized carbons (Fsp3) is 0.952. The third-order valence-corrected chi connectivity index (χ3v) is 16.6. The van der Waals surface area contributed by atoms with Gasteiger partial charge in [-0.25, -0.2) is 0 Å². The van der Waals surface area contributed by atoms with E-state index in [0.717, 1.165) is 12.0 Å². The van der Waals surface area contributed by atoms with E-state index in [0.29, 0.717) is 44.9 Å². The first-order valence-corrected chi connectivity index (χ1v) is 21.0. The molecular formula is C42H72O14. The Morgan fingerprint density at radius 1 is 0.750 bits per heavy atom. The molecule has 0 spiro atoms. The van der Waals surface area contributed by atoms with E-state index in [4.69, 9.17) is 18.9 Å². The molecule has 10 N–H and O–H groups in total. The number of aliphatic hydroxyl groups excluding tert-OH is 10. The molecule has 2 aliphatic heterocycles. The van der Waals surface area contributed by atoms with Gasteiger partial charge in [0.1, 0.15) is 48.8 Å². The molecule has 0 aromatic rings. The molecule has 0 aromatic carbocycles. The first kappa shape index (κ1) is 44.7. The molecule has 14 heteroatoms. The van der Waals surface area contributed by atoms with Crippen molar-refractivity contribution in [3.8, 4) is 0 Å². The van der Waals surface area contributed by atoms with E-state index >= 15 is 0 Å². The molecule has 6 rings (SSSR count). The molecular weight excluding hydrogens is 728 g/mol. The third-order valence-electron chi connectivity index (χ3n) is 16.6. The molecule has 0 bridgehead atoms. The summed E-state index contributed by atoms with van der Waals surface area (Å²) < 4.78 is 25.4. The van der Waals surface area contributed by atoms with Crippen LogP contribution in [0.1, 0.15) is 107 Å². The largest absolute Gasteiger partial charge is 0.394 e. The van der Waals surface area contributed by atoms with E-state index in [9.17, 15) is 51.1 Å². The van der Waals surface area contributed by atoms with Gasteiger partial charge in [-0.3, -0.25) is 0 Å². The Morgan fingerprint density at radius 3 is 1.89 bits per heavy atom. The van der Waals surface area contributed by atoms with E-state index < -0.39 is 120 Å². The average Bonchev–Trinajstić information content (AvgIpc) is 3.52. The molecule has 2 saturated heterocycles. The number of fused-ring (bicyclic) bond motifs is 5. The van der Waals surface area contributed by atoms with E-state index in [2.05, 4.69) is 26.8 Å². The standard InChI is InChI=1S/C42H72O14/c1-20(2)10-9-13-42(8,56-37-34(52)32(50)30(48)25(19-44)55-37)21-11-15-40(6)28(21)22(45)16-26-39(5)14-12-27(46)38(3,4)35(39)23(17-41(26,40)7)53-36-33(51)31(49)29(47)24(18-43)54-36/h10,21-37,43-52H,9,11-19H2,1-8H3/t21-,22-,23-,24-,25+,26-,27+,28+,29+,30+,31+,32-,33+,34+,35+,36-,37-,39+,40-,41+,42+/m1/s1. The quantitative estimate of drug-likeness (QED) is 0.110. The summed E-state index contributed by atoms with van der Waals surface area (Å²) in [6.45, 7) is 15.7. The van der Waals surface area contributed by atoms with Crippen LogP contribution in [0, 0.1) is 45.3 Å². The van der Waals surface area contributed by atoms with E-state index in [1.165, 1.54) is 0 Å². The van der Waals surface area contributed by atoms with Crippen molar-refractivity contribution in [3.05, 3.63) is 11.6 Å². The molecule has 2 heterocycles. The summed E-state index contributed by atoms with van der Waals surface area (Å²) >= 11 is 0. The summed E-state index contributed by atoms with van der Waals surface area (Å²) in [5.41, 5.74) is -1.92. The van der Waals surface area contributed by atoms with Crippen LogP contribution < -0.4 is 0 Å². The minimum absolute atomic E-state index is 0.000258. The highest BCUT2D eigenvalue weighted by atomic mass is 16.7. The molecule has 324 valence electrons. The fourth-order valence-corrected chi connectivity index (χ4v) is 13.5. The van der Waals surface area contributed by atoms with E-state index in [-0.39, 0.29) is 23.7 Å². The lowest BCUT2D eigenvalue weighted by atomic mass is 9.34. The van der Waals surface area contributed by atoms with Crippen LogP contribution in [0.15, 0.2) is 11.6 Å². The maximum Gasteiger partial charge on any atom is 0.187 e. The van der Waals surface area contributed by atoms with Crippen molar-refractivity contribution in [1.29, 1.82) is 0 Å². The van der Waals surface area contributed by atoms with Crippen molar-refractivity contribution < 1.29 is 70.0 Å². The van der Waals surface area contributed by atoms with Gasteiger partial charge in [0.15, 0.2) is 12.6 Å².